The van der Waals surface area contributed by atoms with E-state index in [9.17, 15) is 9.18 Å². The van der Waals surface area contributed by atoms with Crippen molar-refractivity contribution in [1.29, 1.82) is 0 Å². The summed E-state index contributed by atoms with van der Waals surface area (Å²) in [5.41, 5.74) is 2.80. The molecule has 2 aromatic carbocycles. The van der Waals surface area contributed by atoms with Gasteiger partial charge in [0.25, 0.3) is 5.91 Å². The minimum Gasteiger partial charge on any atom is -0.486 e. The molecule has 2 heterocycles. The Hall–Kier alpha value is -3.94. The highest BCUT2D eigenvalue weighted by atomic mass is 19.1. The van der Waals surface area contributed by atoms with Crippen LogP contribution in [0.25, 0.3) is 0 Å². The van der Waals surface area contributed by atoms with Crippen LogP contribution >= 0.6 is 0 Å². The van der Waals surface area contributed by atoms with Gasteiger partial charge in [-0.05, 0) is 55.3 Å². The number of hydrogen-bond donors (Lipinski definition) is 1. The van der Waals surface area contributed by atoms with Crippen molar-refractivity contribution in [3.63, 3.8) is 0 Å². The maximum Gasteiger partial charge on any atom is 0.293 e. The van der Waals surface area contributed by atoms with Crippen molar-refractivity contribution in [3.8, 4) is 5.75 Å². The number of amides is 1. The molecule has 0 bridgehead atoms. The highest BCUT2D eigenvalue weighted by molar-refractivity contribution is 6.01. The van der Waals surface area contributed by atoms with E-state index in [0.29, 0.717) is 11.3 Å². The molecule has 8 heteroatoms. The van der Waals surface area contributed by atoms with Gasteiger partial charge in [-0.2, -0.15) is 0 Å². The standard InChI is InChI=1S/C23H21FN4O3/c1-15-7-8-18(11-16(15)2)30-13-19-9-10-21(31-19)22(29)26-23-25-14-28(27-23)12-17-5-3-4-6-20(17)24/h3-11,14H,12-13H2,1-2H3,(H,26,27,29). The summed E-state index contributed by atoms with van der Waals surface area (Å²) in [4.78, 5) is 16.4. The average Bonchev–Trinajstić information content (AvgIpc) is 3.40. The molecule has 0 unspecified atom stereocenters. The molecule has 0 saturated carbocycles. The summed E-state index contributed by atoms with van der Waals surface area (Å²) in [5.74, 6) is 0.655. The molecule has 31 heavy (non-hydrogen) atoms. The molecule has 158 valence electrons. The van der Waals surface area contributed by atoms with Gasteiger partial charge < -0.3 is 9.15 Å². The van der Waals surface area contributed by atoms with Crippen LogP contribution in [0.4, 0.5) is 10.3 Å². The smallest absolute Gasteiger partial charge is 0.293 e. The number of aromatic nitrogens is 3. The third-order valence-corrected chi connectivity index (χ3v) is 4.80. The quantitative estimate of drug-likeness (QED) is 0.476. The number of hydrogen-bond acceptors (Lipinski definition) is 5. The van der Waals surface area contributed by atoms with E-state index in [1.54, 1.807) is 30.3 Å². The first-order valence-electron chi connectivity index (χ1n) is 9.71. The Kier molecular flexibility index (Phi) is 5.79. The van der Waals surface area contributed by atoms with Crippen molar-refractivity contribution in [2.24, 2.45) is 0 Å². The summed E-state index contributed by atoms with van der Waals surface area (Å²) >= 11 is 0. The van der Waals surface area contributed by atoms with Crippen molar-refractivity contribution in [2.45, 2.75) is 27.0 Å². The van der Waals surface area contributed by atoms with Gasteiger partial charge in [-0.25, -0.2) is 14.1 Å². The van der Waals surface area contributed by atoms with E-state index < -0.39 is 5.91 Å². The number of nitrogens with zero attached hydrogens (tertiary/aromatic N) is 3. The zero-order chi connectivity index (χ0) is 21.8. The van der Waals surface area contributed by atoms with Gasteiger partial charge in [0, 0.05) is 5.56 Å². The lowest BCUT2D eigenvalue weighted by Gasteiger charge is -2.06. The number of nitrogens with one attached hydrogen (secondary N) is 1. The predicted octanol–water partition coefficient (Wildman–Crippen LogP) is 4.51. The zero-order valence-electron chi connectivity index (χ0n) is 17.1. The van der Waals surface area contributed by atoms with E-state index in [1.807, 2.05) is 32.0 Å². The number of furan rings is 1. The van der Waals surface area contributed by atoms with Gasteiger partial charge in [0.2, 0.25) is 5.95 Å². The number of rotatable bonds is 7. The summed E-state index contributed by atoms with van der Waals surface area (Å²) < 4.78 is 26.5. The maximum atomic E-state index is 13.8. The fourth-order valence-corrected chi connectivity index (χ4v) is 2.93. The Balaban J connectivity index is 1.34. The Bertz CT molecular complexity index is 1220. The van der Waals surface area contributed by atoms with Crippen LogP contribution in [0.5, 0.6) is 5.75 Å². The van der Waals surface area contributed by atoms with E-state index in [0.717, 1.165) is 11.3 Å². The minimum atomic E-state index is -0.485. The van der Waals surface area contributed by atoms with E-state index in [2.05, 4.69) is 15.4 Å². The van der Waals surface area contributed by atoms with Crippen LogP contribution in [0.2, 0.25) is 0 Å². The zero-order valence-corrected chi connectivity index (χ0v) is 17.1. The van der Waals surface area contributed by atoms with E-state index in [4.69, 9.17) is 9.15 Å². The Morgan fingerprint density at radius 1 is 1.13 bits per heavy atom. The average molecular weight is 420 g/mol. The normalized spacial score (nSPS) is 10.8. The first-order valence-corrected chi connectivity index (χ1v) is 9.71. The molecule has 4 aromatic rings. The van der Waals surface area contributed by atoms with Crippen molar-refractivity contribution in [1.82, 2.24) is 14.8 Å². The number of halogens is 1. The summed E-state index contributed by atoms with van der Waals surface area (Å²) in [5, 5.41) is 6.72. The van der Waals surface area contributed by atoms with Crippen LogP contribution in [0.15, 0.2) is 65.3 Å². The number of anilines is 1. The minimum absolute atomic E-state index is 0.102. The predicted molar refractivity (Wildman–Crippen MR) is 112 cm³/mol. The second-order valence-electron chi connectivity index (χ2n) is 7.11. The monoisotopic (exact) mass is 420 g/mol. The van der Waals surface area contributed by atoms with Gasteiger partial charge in [0.15, 0.2) is 5.76 Å². The number of ether oxygens (including phenoxy) is 1. The fraction of sp³-hybridized carbons (Fsp3) is 0.174. The Morgan fingerprint density at radius 2 is 1.97 bits per heavy atom. The molecule has 7 nitrogen and oxygen atoms in total. The largest absolute Gasteiger partial charge is 0.486 e. The SMILES string of the molecule is Cc1ccc(OCc2ccc(C(=O)Nc3ncn(Cc4ccccc4F)n3)o2)cc1C. The van der Waals surface area contributed by atoms with Crippen LogP contribution in [-0.4, -0.2) is 20.7 Å². The first kappa shape index (κ1) is 20.3. The number of carbonyl (C=O) groups is 1. The molecule has 0 atom stereocenters. The van der Waals surface area contributed by atoms with Gasteiger partial charge in [-0.3, -0.25) is 10.1 Å². The number of benzene rings is 2. The molecule has 0 saturated heterocycles. The second kappa shape index (κ2) is 8.83. The van der Waals surface area contributed by atoms with Crippen LogP contribution in [0.3, 0.4) is 0 Å². The van der Waals surface area contributed by atoms with E-state index in [-0.39, 0.29) is 30.7 Å². The van der Waals surface area contributed by atoms with Gasteiger partial charge in [0.05, 0.1) is 6.54 Å². The van der Waals surface area contributed by atoms with E-state index >= 15 is 0 Å². The Morgan fingerprint density at radius 3 is 2.77 bits per heavy atom. The van der Waals surface area contributed by atoms with Gasteiger partial charge in [-0.15, -0.1) is 5.10 Å². The lowest BCUT2D eigenvalue weighted by atomic mass is 10.1. The molecule has 1 N–H and O–H groups in total. The van der Waals surface area contributed by atoms with Gasteiger partial charge in [0.1, 0.15) is 30.3 Å². The highest BCUT2D eigenvalue weighted by Gasteiger charge is 2.14. The molecule has 0 radical (unpaired) electrons. The second-order valence-corrected chi connectivity index (χ2v) is 7.11. The molecule has 2 aromatic heterocycles. The molecular formula is C23H21FN4O3. The van der Waals surface area contributed by atoms with Crippen molar-refractivity contribution in [2.75, 3.05) is 5.32 Å². The Labute approximate surface area is 178 Å². The van der Waals surface area contributed by atoms with Crippen LogP contribution < -0.4 is 10.1 Å². The number of aryl methyl sites for hydroxylation is 2. The first-order chi connectivity index (χ1) is 15.0. The van der Waals surface area contributed by atoms with Crippen LogP contribution in [0.1, 0.15) is 33.0 Å². The fourth-order valence-electron chi connectivity index (χ4n) is 2.93. The molecule has 4 rings (SSSR count). The number of carbonyl (C=O) groups excluding carboxylic acids is 1. The summed E-state index contributed by atoms with van der Waals surface area (Å²) in [6, 6.07) is 15.5. The molecule has 0 aliphatic rings. The molecule has 0 aliphatic carbocycles. The molecule has 1 amide bonds. The highest BCUT2D eigenvalue weighted by Crippen LogP contribution is 2.19. The molecular weight excluding hydrogens is 399 g/mol. The van der Waals surface area contributed by atoms with Crippen molar-refractivity contribution >= 4 is 11.9 Å². The van der Waals surface area contributed by atoms with Crippen LogP contribution in [-0.2, 0) is 13.2 Å². The third kappa shape index (κ3) is 4.98. The van der Waals surface area contributed by atoms with Crippen molar-refractivity contribution < 1.29 is 18.3 Å². The van der Waals surface area contributed by atoms with E-state index in [1.165, 1.54) is 22.6 Å². The summed E-state index contributed by atoms with van der Waals surface area (Å²) in [6.07, 6.45) is 1.42. The third-order valence-electron chi connectivity index (χ3n) is 4.80. The maximum absolute atomic E-state index is 13.8. The van der Waals surface area contributed by atoms with Crippen molar-refractivity contribution in [3.05, 3.63) is 95.0 Å². The van der Waals surface area contributed by atoms with Gasteiger partial charge >= 0.3 is 0 Å². The lowest BCUT2D eigenvalue weighted by molar-refractivity contribution is 0.0991. The summed E-state index contributed by atoms with van der Waals surface area (Å²) in [7, 11) is 0. The molecule has 0 spiro atoms. The van der Waals surface area contributed by atoms with Gasteiger partial charge in [-0.1, -0.05) is 24.3 Å². The van der Waals surface area contributed by atoms with Crippen LogP contribution in [0, 0.1) is 19.7 Å². The summed E-state index contributed by atoms with van der Waals surface area (Å²) in [6.45, 7) is 4.46. The molecule has 0 fully saturated rings. The molecule has 0 aliphatic heterocycles. The lowest BCUT2D eigenvalue weighted by Crippen LogP contribution is -2.12. The topological polar surface area (TPSA) is 82.2 Å².